The topological polar surface area (TPSA) is 122 Å². The van der Waals surface area contributed by atoms with Gasteiger partial charge in [0, 0.05) is 24.3 Å². The van der Waals surface area contributed by atoms with Gasteiger partial charge in [-0.2, -0.15) is 0 Å². The monoisotopic (exact) mass is 382 g/mol. The molecular formula is C17H26N4O4S. The number of sulfonamides is 1. The van der Waals surface area contributed by atoms with Crippen molar-refractivity contribution in [3.8, 4) is 0 Å². The predicted octanol–water partition coefficient (Wildman–Crippen LogP) is 1.49. The van der Waals surface area contributed by atoms with Gasteiger partial charge >= 0.3 is 6.03 Å². The molecule has 2 rings (SSSR count). The van der Waals surface area contributed by atoms with Crippen LogP contribution in [0.15, 0.2) is 29.2 Å². The van der Waals surface area contributed by atoms with Gasteiger partial charge in [0.05, 0.1) is 10.8 Å². The summed E-state index contributed by atoms with van der Waals surface area (Å²) in [4.78, 5) is 25.3. The molecule has 1 saturated heterocycles. The maximum Gasteiger partial charge on any atom is 0.314 e. The fourth-order valence-electron chi connectivity index (χ4n) is 2.84. The number of likely N-dealkylation sites (tertiary alicyclic amines) is 1. The summed E-state index contributed by atoms with van der Waals surface area (Å²) in [6.45, 7) is 6.08. The van der Waals surface area contributed by atoms with Crippen molar-refractivity contribution in [2.75, 3.05) is 18.4 Å². The van der Waals surface area contributed by atoms with Gasteiger partial charge in [0.25, 0.3) is 0 Å². The number of carbonyl (C=O) groups is 2. The summed E-state index contributed by atoms with van der Waals surface area (Å²) >= 11 is 0. The van der Waals surface area contributed by atoms with Gasteiger partial charge in [-0.15, -0.1) is 0 Å². The van der Waals surface area contributed by atoms with E-state index in [0.717, 1.165) is 0 Å². The molecule has 1 aliphatic heterocycles. The predicted molar refractivity (Wildman–Crippen MR) is 99.0 cm³/mol. The number of hydrogen-bond acceptors (Lipinski definition) is 4. The second-order valence-electron chi connectivity index (χ2n) is 7.50. The lowest BCUT2D eigenvalue weighted by Crippen LogP contribution is -2.46. The van der Waals surface area contributed by atoms with Crippen molar-refractivity contribution in [1.82, 2.24) is 9.62 Å². The number of nitrogens with one attached hydrogen (secondary N) is 2. The molecule has 1 fully saturated rings. The van der Waals surface area contributed by atoms with E-state index in [1.807, 2.05) is 0 Å². The highest BCUT2D eigenvalue weighted by Gasteiger charge is 2.28. The third kappa shape index (κ3) is 5.43. The maximum atomic E-state index is 12.5. The molecule has 0 spiro atoms. The van der Waals surface area contributed by atoms with Crippen LogP contribution in [-0.2, 0) is 14.8 Å². The fraction of sp³-hybridized carbons (Fsp3) is 0.529. The number of anilines is 1. The summed E-state index contributed by atoms with van der Waals surface area (Å²) < 4.78 is 27.4. The molecule has 3 amide bonds. The molecule has 26 heavy (non-hydrogen) atoms. The van der Waals surface area contributed by atoms with Crippen LogP contribution in [0.2, 0.25) is 0 Å². The Bertz CT molecular complexity index is 786. The number of rotatable bonds is 4. The third-order valence-corrected chi connectivity index (χ3v) is 5.71. The van der Waals surface area contributed by atoms with Crippen LogP contribution >= 0.6 is 0 Å². The average Bonchev–Trinajstić information content (AvgIpc) is 2.53. The number of piperidine rings is 1. The zero-order valence-corrected chi connectivity index (χ0v) is 16.1. The molecule has 0 aromatic heterocycles. The second-order valence-corrected chi connectivity index (χ2v) is 9.18. The van der Waals surface area contributed by atoms with Crippen molar-refractivity contribution in [2.45, 2.75) is 44.0 Å². The maximum absolute atomic E-state index is 12.5. The van der Waals surface area contributed by atoms with Crippen LogP contribution in [0.25, 0.3) is 0 Å². The standard InChI is InChI=1S/C17H26N4O4S/c1-17(2,3)20-26(24,25)14-8-4-7-13(10-14)19-15(22)12-6-5-9-21(11-12)16(18)23/h4,7-8,10,12,20H,5-6,9,11H2,1-3H3,(H2,18,23)(H,19,22)/t12-/m0/s1. The van der Waals surface area contributed by atoms with Crippen LogP contribution < -0.4 is 15.8 Å². The van der Waals surface area contributed by atoms with Crippen molar-refractivity contribution in [3.05, 3.63) is 24.3 Å². The highest BCUT2D eigenvalue weighted by molar-refractivity contribution is 7.89. The van der Waals surface area contributed by atoms with Crippen LogP contribution in [-0.4, -0.2) is 43.9 Å². The van der Waals surface area contributed by atoms with Crippen molar-refractivity contribution >= 4 is 27.6 Å². The van der Waals surface area contributed by atoms with Crippen LogP contribution in [0.3, 0.4) is 0 Å². The minimum atomic E-state index is -3.69. The largest absolute Gasteiger partial charge is 0.351 e. The van der Waals surface area contributed by atoms with Crippen molar-refractivity contribution in [2.24, 2.45) is 11.7 Å². The molecule has 1 atom stereocenters. The molecule has 0 radical (unpaired) electrons. The highest BCUT2D eigenvalue weighted by atomic mass is 32.2. The van der Waals surface area contributed by atoms with E-state index in [4.69, 9.17) is 5.73 Å². The van der Waals surface area contributed by atoms with Crippen molar-refractivity contribution < 1.29 is 18.0 Å². The highest BCUT2D eigenvalue weighted by Crippen LogP contribution is 2.21. The smallest absolute Gasteiger partial charge is 0.314 e. The number of nitrogens with two attached hydrogens (primary N) is 1. The third-order valence-electron chi connectivity index (χ3n) is 3.96. The fourth-order valence-corrected chi connectivity index (χ4v) is 4.30. The Morgan fingerprint density at radius 3 is 2.58 bits per heavy atom. The van der Waals surface area contributed by atoms with Crippen LogP contribution in [0, 0.1) is 5.92 Å². The number of carbonyl (C=O) groups excluding carboxylic acids is 2. The number of amides is 3. The Kier molecular flexibility index (Phi) is 5.92. The summed E-state index contributed by atoms with van der Waals surface area (Å²) in [6.07, 6.45) is 1.35. The summed E-state index contributed by atoms with van der Waals surface area (Å²) in [5.41, 5.74) is 5.06. The Morgan fingerprint density at radius 1 is 1.27 bits per heavy atom. The molecule has 1 heterocycles. The number of hydrogen-bond donors (Lipinski definition) is 3. The first-order valence-corrected chi connectivity index (χ1v) is 9.95. The lowest BCUT2D eigenvalue weighted by atomic mass is 9.97. The van der Waals surface area contributed by atoms with Crippen molar-refractivity contribution in [3.63, 3.8) is 0 Å². The van der Waals surface area contributed by atoms with Gasteiger partial charge in [-0.05, 0) is 51.8 Å². The molecule has 0 saturated carbocycles. The average molecular weight is 382 g/mol. The first kappa shape index (κ1) is 20.2. The van der Waals surface area contributed by atoms with Crippen molar-refractivity contribution in [1.29, 1.82) is 0 Å². The minimum Gasteiger partial charge on any atom is -0.351 e. The van der Waals surface area contributed by atoms with E-state index in [-0.39, 0.29) is 23.3 Å². The number of nitrogens with zero attached hydrogens (tertiary/aromatic N) is 1. The molecule has 1 aromatic rings. The first-order valence-electron chi connectivity index (χ1n) is 8.47. The van der Waals surface area contributed by atoms with Gasteiger partial charge in [-0.1, -0.05) is 6.07 Å². The number of benzene rings is 1. The molecule has 0 bridgehead atoms. The molecule has 4 N–H and O–H groups in total. The van der Waals surface area contributed by atoms with Crippen LogP contribution in [0.1, 0.15) is 33.6 Å². The Morgan fingerprint density at radius 2 is 1.96 bits per heavy atom. The molecule has 0 aliphatic carbocycles. The normalized spacial score (nSPS) is 18.4. The Balaban J connectivity index is 2.11. The van der Waals surface area contributed by atoms with Crippen LogP contribution in [0.5, 0.6) is 0 Å². The van der Waals surface area contributed by atoms with Crippen LogP contribution in [0.4, 0.5) is 10.5 Å². The van der Waals surface area contributed by atoms with Gasteiger partial charge in [-0.3, -0.25) is 4.79 Å². The van der Waals surface area contributed by atoms with E-state index in [1.54, 1.807) is 32.9 Å². The molecule has 1 aromatic carbocycles. The summed E-state index contributed by atoms with van der Waals surface area (Å²) in [5.74, 6) is -0.626. The van der Waals surface area contributed by atoms with E-state index >= 15 is 0 Å². The van der Waals surface area contributed by atoms with E-state index < -0.39 is 21.6 Å². The Hall–Kier alpha value is -2.13. The van der Waals surface area contributed by atoms with E-state index in [9.17, 15) is 18.0 Å². The summed E-state index contributed by atoms with van der Waals surface area (Å²) in [7, 11) is -3.69. The number of urea groups is 1. The summed E-state index contributed by atoms with van der Waals surface area (Å²) in [5, 5.41) is 2.74. The zero-order chi connectivity index (χ0) is 19.5. The minimum absolute atomic E-state index is 0.0765. The molecule has 0 unspecified atom stereocenters. The lowest BCUT2D eigenvalue weighted by molar-refractivity contribution is -0.121. The molecule has 1 aliphatic rings. The molecule has 8 nitrogen and oxygen atoms in total. The number of primary amides is 1. The van der Waals surface area contributed by atoms with E-state index in [2.05, 4.69) is 10.0 Å². The van der Waals surface area contributed by atoms with Gasteiger partial charge < -0.3 is 16.0 Å². The van der Waals surface area contributed by atoms with E-state index in [1.165, 1.54) is 17.0 Å². The van der Waals surface area contributed by atoms with E-state index in [0.29, 0.717) is 25.1 Å². The van der Waals surface area contributed by atoms with Gasteiger partial charge in [0.1, 0.15) is 0 Å². The second kappa shape index (κ2) is 7.63. The van der Waals surface area contributed by atoms with Gasteiger partial charge in [-0.25, -0.2) is 17.9 Å². The van der Waals surface area contributed by atoms with Gasteiger partial charge in [0.2, 0.25) is 15.9 Å². The quantitative estimate of drug-likeness (QED) is 0.730. The first-order chi connectivity index (χ1) is 12.0. The molecule has 144 valence electrons. The summed E-state index contributed by atoms with van der Waals surface area (Å²) in [6, 6.07) is 5.55. The molecule has 9 heteroatoms. The molecular weight excluding hydrogens is 356 g/mol. The van der Waals surface area contributed by atoms with Gasteiger partial charge in [0.15, 0.2) is 0 Å². The zero-order valence-electron chi connectivity index (χ0n) is 15.3. The Labute approximate surface area is 154 Å². The lowest BCUT2D eigenvalue weighted by Gasteiger charge is -2.30. The SMILES string of the molecule is CC(C)(C)NS(=O)(=O)c1cccc(NC(=O)[C@H]2CCCN(C(N)=O)C2)c1.